The molecule has 2 aromatic rings. The van der Waals surface area contributed by atoms with E-state index >= 15 is 0 Å². The molecule has 0 bridgehead atoms. The van der Waals surface area contributed by atoms with Crippen LogP contribution in [0.5, 0.6) is 0 Å². The summed E-state index contributed by atoms with van der Waals surface area (Å²) in [7, 11) is 0. The molecule has 0 aliphatic heterocycles. The quantitative estimate of drug-likeness (QED) is 0.938. The highest BCUT2D eigenvalue weighted by Gasteiger charge is 2.47. The highest BCUT2D eigenvalue weighted by atomic mass is 79.9. The van der Waals surface area contributed by atoms with Crippen LogP contribution in [0.2, 0.25) is 0 Å². The fourth-order valence-corrected chi connectivity index (χ4v) is 2.97. The molecule has 2 atom stereocenters. The first-order valence-corrected chi connectivity index (χ1v) is 7.29. The summed E-state index contributed by atoms with van der Waals surface area (Å²) in [6.45, 7) is 3.01. The largest absolute Gasteiger partial charge is 0.481 e. The third-order valence-electron chi connectivity index (χ3n) is 3.63. The number of imidazole rings is 1. The fourth-order valence-electron chi connectivity index (χ4n) is 2.62. The number of carboxylic acid groups (broad SMARTS) is 1. The van der Waals surface area contributed by atoms with E-state index in [9.17, 15) is 4.79 Å². The highest BCUT2D eigenvalue weighted by molar-refractivity contribution is 9.10. The minimum absolute atomic E-state index is 0.0789. The van der Waals surface area contributed by atoms with Gasteiger partial charge in [0.2, 0.25) is 0 Å². The Bertz CT molecular complexity index is 650. The van der Waals surface area contributed by atoms with Crippen molar-refractivity contribution in [2.45, 2.75) is 32.2 Å². The lowest BCUT2D eigenvalue weighted by atomic mass is 10.3. The zero-order valence-corrected chi connectivity index (χ0v) is 12.2. The van der Waals surface area contributed by atoms with Crippen LogP contribution in [0.4, 0.5) is 0 Å². The number of hydrogen-bond donors (Lipinski definition) is 1. The van der Waals surface area contributed by atoms with Crippen LogP contribution < -0.4 is 0 Å². The predicted octanol–water partition coefficient (Wildman–Crippen LogP) is 3.40. The average Bonchev–Trinajstić information content (AvgIpc) is 3.08. The van der Waals surface area contributed by atoms with E-state index in [0.717, 1.165) is 34.3 Å². The van der Waals surface area contributed by atoms with Gasteiger partial charge < -0.3 is 9.67 Å². The molecule has 0 spiro atoms. The number of carbonyl (C=O) groups is 1. The van der Waals surface area contributed by atoms with Gasteiger partial charge in [-0.05, 0) is 31.0 Å². The Hall–Kier alpha value is -1.36. The van der Waals surface area contributed by atoms with Gasteiger partial charge in [-0.25, -0.2) is 4.98 Å². The Balaban J connectivity index is 2.08. The Morgan fingerprint density at radius 1 is 1.58 bits per heavy atom. The first-order valence-electron chi connectivity index (χ1n) is 6.50. The van der Waals surface area contributed by atoms with Crippen molar-refractivity contribution in [1.82, 2.24) is 9.55 Å². The Labute approximate surface area is 119 Å². The maximum atomic E-state index is 11.0. The van der Waals surface area contributed by atoms with Crippen LogP contribution in [-0.2, 0) is 11.3 Å². The van der Waals surface area contributed by atoms with Gasteiger partial charge in [-0.3, -0.25) is 4.79 Å². The van der Waals surface area contributed by atoms with E-state index in [1.165, 1.54) is 0 Å². The lowest BCUT2D eigenvalue weighted by Crippen LogP contribution is -2.05. The minimum atomic E-state index is -0.707. The fraction of sp³-hybridized carbons (Fsp3) is 0.429. The summed E-state index contributed by atoms with van der Waals surface area (Å²) < 4.78 is 3.17. The number of halogens is 1. The van der Waals surface area contributed by atoms with Crippen molar-refractivity contribution in [1.29, 1.82) is 0 Å². The highest BCUT2D eigenvalue weighted by Crippen LogP contribution is 2.47. The van der Waals surface area contributed by atoms with Gasteiger partial charge in [0.25, 0.3) is 0 Å². The number of rotatable bonds is 4. The molecule has 1 aliphatic rings. The van der Waals surface area contributed by atoms with Gasteiger partial charge in [0.1, 0.15) is 5.82 Å². The third-order valence-corrected chi connectivity index (χ3v) is 4.12. The third kappa shape index (κ3) is 2.16. The van der Waals surface area contributed by atoms with Gasteiger partial charge >= 0.3 is 5.97 Å². The summed E-state index contributed by atoms with van der Waals surface area (Å²) in [4.78, 5) is 15.7. The molecule has 5 heteroatoms. The van der Waals surface area contributed by atoms with Crippen LogP contribution in [0.15, 0.2) is 22.7 Å². The van der Waals surface area contributed by atoms with E-state index < -0.39 is 5.97 Å². The molecule has 1 heterocycles. The maximum Gasteiger partial charge on any atom is 0.307 e. The molecule has 1 saturated carbocycles. The Morgan fingerprint density at radius 3 is 3.00 bits per heavy atom. The topological polar surface area (TPSA) is 55.1 Å². The summed E-state index contributed by atoms with van der Waals surface area (Å²) in [5, 5.41) is 9.08. The van der Waals surface area contributed by atoms with E-state index in [0.29, 0.717) is 6.42 Å². The number of aryl methyl sites for hydroxylation is 1. The summed E-state index contributed by atoms with van der Waals surface area (Å²) in [6.07, 6.45) is 1.72. The second-order valence-electron chi connectivity index (χ2n) is 5.04. The molecule has 0 amide bonds. The van der Waals surface area contributed by atoms with Crippen LogP contribution in [0.1, 0.15) is 31.5 Å². The molecule has 1 N–H and O–H groups in total. The van der Waals surface area contributed by atoms with Gasteiger partial charge in [0.15, 0.2) is 0 Å². The Kier molecular flexibility index (Phi) is 3.09. The molecule has 1 aliphatic carbocycles. The molecule has 100 valence electrons. The van der Waals surface area contributed by atoms with E-state index in [-0.39, 0.29) is 11.8 Å². The van der Waals surface area contributed by atoms with Gasteiger partial charge in [0, 0.05) is 16.9 Å². The van der Waals surface area contributed by atoms with Crippen molar-refractivity contribution in [3.8, 4) is 0 Å². The normalized spacial score (nSPS) is 21.8. The first-order chi connectivity index (χ1) is 9.11. The molecule has 1 aromatic heterocycles. The molecule has 1 aromatic carbocycles. The summed E-state index contributed by atoms with van der Waals surface area (Å²) >= 11 is 3.45. The monoisotopic (exact) mass is 322 g/mol. The van der Waals surface area contributed by atoms with Gasteiger partial charge in [-0.2, -0.15) is 0 Å². The number of benzene rings is 1. The summed E-state index contributed by atoms with van der Waals surface area (Å²) in [5.41, 5.74) is 2.03. The van der Waals surface area contributed by atoms with Crippen LogP contribution in [0, 0.1) is 5.92 Å². The smallest absolute Gasteiger partial charge is 0.307 e. The molecule has 0 saturated heterocycles. The number of carboxylic acids is 1. The van der Waals surface area contributed by atoms with Crippen molar-refractivity contribution in [3.63, 3.8) is 0 Å². The molecular formula is C14H15BrN2O2. The number of aliphatic carboxylic acids is 1. The number of aromatic nitrogens is 2. The zero-order valence-electron chi connectivity index (χ0n) is 10.6. The van der Waals surface area contributed by atoms with Crippen LogP contribution in [0.25, 0.3) is 11.0 Å². The van der Waals surface area contributed by atoms with Gasteiger partial charge in [-0.15, -0.1) is 0 Å². The van der Waals surface area contributed by atoms with E-state index in [4.69, 9.17) is 5.11 Å². The van der Waals surface area contributed by atoms with Crippen molar-refractivity contribution in [2.24, 2.45) is 5.92 Å². The molecule has 2 unspecified atom stereocenters. The maximum absolute atomic E-state index is 11.0. The molecule has 0 radical (unpaired) electrons. The lowest BCUT2D eigenvalue weighted by molar-refractivity contribution is -0.138. The molecule has 4 nitrogen and oxygen atoms in total. The van der Waals surface area contributed by atoms with Gasteiger partial charge in [0.05, 0.1) is 17.0 Å². The first kappa shape index (κ1) is 12.7. The average molecular weight is 323 g/mol. The zero-order chi connectivity index (χ0) is 13.6. The van der Waals surface area contributed by atoms with E-state index in [1.54, 1.807) is 0 Å². The summed E-state index contributed by atoms with van der Waals surface area (Å²) in [5.74, 6) is 0.0507. The number of hydrogen-bond acceptors (Lipinski definition) is 2. The van der Waals surface area contributed by atoms with E-state index in [1.807, 2.05) is 18.2 Å². The number of nitrogens with zero attached hydrogens (tertiary/aromatic N) is 2. The Morgan fingerprint density at radius 2 is 2.37 bits per heavy atom. The van der Waals surface area contributed by atoms with Crippen molar-refractivity contribution < 1.29 is 9.90 Å². The van der Waals surface area contributed by atoms with Crippen LogP contribution >= 0.6 is 15.9 Å². The lowest BCUT2D eigenvalue weighted by Gasteiger charge is -2.06. The molecular weight excluding hydrogens is 308 g/mol. The van der Waals surface area contributed by atoms with Crippen molar-refractivity contribution in [2.75, 3.05) is 0 Å². The second kappa shape index (κ2) is 4.63. The van der Waals surface area contributed by atoms with Crippen LogP contribution in [-0.4, -0.2) is 20.6 Å². The standard InChI is InChI=1S/C14H15BrN2O2/c1-2-5-17-12-4-3-8(15)6-11(12)16-13(17)9-7-10(9)14(18)19/h3-4,6,9-10H,2,5,7H2,1H3,(H,18,19). The minimum Gasteiger partial charge on any atom is -0.481 e. The molecule has 19 heavy (non-hydrogen) atoms. The molecule has 3 rings (SSSR count). The van der Waals surface area contributed by atoms with Gasteiger partial charge in [-0.1, -0.05) is 22.9 Å². The van der Waals surface area contributed by atoms with Crippen molar-refractivity contribution >= 4 is 32.9 Å². The van der Waals surface area contributed by atoms with Crippen molar-refractivity contribution in [3.05, 3.63) is 28.5 Å². The van der Waals surface area contributed by atoms with E-state index in [2.05, 4.69) is 32.4 Å². The SMILES string of the molecule is CCCn1c(C2CC2C(=O)O)nc2cc(Br)ccc21. The van der Waals surface area contributed by atoms with Crippen LogP contribution in [0.3, 0.4) is 0 Å². The molecule has 1 fully saturated rings. The predicted molar refractivity (Wildman–Crippen MR) is 76.2 cm³/mol. The summed E-state index contributed by atoms with van der Waals surface area (Å²) in [6, 6.07) is 6.04. The second-order valence-corrected chi connectivity index (χ2v) is 5.96. The number of fused-ring (bicyclic) bond motifs is 1.